The Kier molecular flexibility index (Phi) is 4.84. The summed E-state index contributed by atoms with van der Waals surface area (Å²) in [6.07, 6.45) is 2.31. The maximum absolute atomic E-state index is 5.63. The summed E-state index contributed by atoms with van der Waals surface area (Å²) in [7, 11) is 0. The number of aromatic nitrogens is 2. The monoisotopic (exact) mass is 288 g/mol. The van der Waals surface area contributed by atoms with Crippen molar-refractivity contribution in [2.24, 2.45) is 11.7 Å². The Bertz CT molecular complexity index is 592. The van der Waals surface area contributed by atoms with Gasteiger partial charge in [-0.2, -0.15) is 0 Å². The highest BCUT2D eigenvalue weighted by Gasteiger charge is 2.13. The van der Waals surface area contributed by atoms with Crippen molar-refractivity contribution in [3.63, 3.8) is 0 Å². The Labute approximate surface area is 125 Å². The predicted octanol–water partition coefficient (Wildman–Crippen LogP) is 2.77. The SMILES string of the molecule is CC(C)CN(CCC(N)=S)c1ncnc2ccccc12. The van der Waals surface area contributed by atoms with Gasteiger partial charge in [-0.3, -0.25) is 0 Å². The molecule has 0 aliphatic carbocycles. The van der Waals surface area contributed by atoms with Crippen molar-refractivity contribution >= 4 is 33.9 Å². The first kappa shape index (κ1) is 14.7. The van der Waals surface area contributed by atoms with Gasteiger partial charge in [0.2, 0.25) is 0 Å². The average Bonchev–Trinajstić information content (AvgIpc) is 2.42. The maximum Gasteiger partial charge on any atom is 0.139 e. The zero-order valence-corrected chi connectivity index (χ0v) is 12.7. The third-order valence-electron chi connectivity index (χ3n) is 3.03. The molecule has 2 rings (SSSR count). The minimum absolute atomic E-state index is 0.537. The van der Waals surface area contributed by atoms with E-state index in [1.165, 1.54) is 0 Å². The molecule has 0 unspecified atom stereocenters. The summed E-state index contributed by atoms with van der Waals surface area (Å²) in [5.74, 6) is 1.50. The molecule has 0 saturated heterocycles. The van der Waals surface area contributed by atoms with Crippen LogP contribution in [0.15, 0.2) is 30.6 Å². The van der Waals surface area contributed by atoms with E-state index >= 15 is 0 Å². The largest absolute Gasteiger partial charge is 0.393 e. The summed E-state index contributed by atoms with van der Waals surface area (Å²) in [4.78, 5) is 11.6. The molecule has 20 heavy (non-hydrogen) atoms. The number of fused-ring (bicyclic) bond motifs is 1. The number of thiocarbonyl (C=S) groups is 1. The molecule has 1 heterocycles. The lowest BCUT2D eigenvalue weighted by molar-refractivity contribution is 0.610. The molecule has 0 aliphatic rings. The molecular formula is C15H20N4S. The molecule has 2 aromatic rings. The maximum atomic E-state index is 5.63. The molecule has 0 aliphatic heterocycles. The lowest BCUT2D eigenvalue weighted by Gasteiger charge is -2.26. The Morgan fingerprint density at radius 1 is 1.30 bits per heavy atom. The second-order valence-electron chi connectivity index (χ2n) is 5.27. The third-order valence-corrected chi connectivity index (χ3v) is 3.24. The molecule has 0 fully saturated rings. The van der Waals surface area contributed by atoms with Gasteiger partial charge in [0.05, 0.1) is 10.5 Å². The number of para-hydroxylation sites is 1. The van der Waals surface area contributed by atoms with Gasteiger partial charge in [0.15, 0.2) is 0 Å². The van der Waals surface area contributed by atoms with Crippen LogP contribution in [0.5, 0.6) is 0 Å². The van der Waals surface area contributed by atoms with Crippen molar-refractivity contribution in [3.05, 3.63) is 30.6 Å². The summed E-state index contributed by atoms with van der Waals surface area (Å²) in [6, 6.07) is 8.05. The Morgan fingerprint density at radius 3 is 2.75 bits per heavy atom. The first-order chi connectivity index (χ1) is 9.58. The van der Waals surface area contributed by atoms with E-state index in [0.717, 1.165) is 29.8 Å². The highest BCUT2D eigenvalue weighted by Crippen LogP contribution is 2.23. The molecule has 0 atom stereocenters. The molecule has 0 saturated carbocycles. The van der Waals surface area contributed by atoms with E-state index in [2.05, 4.69) is 34.8 Å². The number of hydrogen-bond donors (Lipinski definition) is 1. The van der Waals surface area contributed by atoms with Gasteiger partial charge in [0.1, 0.15) is 12.1 Å². The van der Waals surface area contributed by atoms with Crippen LogP contribution in [-0.4, -0.2) is 28.0 Å². The van der Waals surface area contributed by atoms with Crippen LogP contribution in [-0.2, 0) is 0 Å². The fourth-order valence-corrected chi connectivity index (χ4v) is 2.30. The lowest BCUT2D eigenvalue weighted by atomic mass is 10.1. The minimum atomic E-state index is 0.537. The summed E-state index contributed by atoms with van der Waals surface area (Å²) in [6.45, 7) is 6.09. The second kappa shape index (κ2) is 6.61. The summed E-state index contributed by atoms with van der Waals surface area (Å²) in [5, 5.41) is 1.07. The number of benzene rings is 1. The first-order valence-electron chi connectivity index (χ1n) is 6.81. The van der Waals surface area contributed by atoms with Gasteiger partial charge < -0.3 is 10.6 Å². The topological polar surface area (TPSA) is 55.0 Å². The fraction of sp³-hybridized carbons (Fsp3) is 0.400. The van der Waals surface area contributed by atoms with Crippen LogP contribution in [0.25, 0.3) is 10.9 Å². The van der Waals surface area contributed by atoms with E-state index in [0.29, 0.717) is 17.3 Å². The molecule has 2 N–H and O–H groups in total. The molecule has 5 heteroatoms. The van der Waals surface area contributed by atoms with Gasteiger partial charge in [-0.05, 0) is 18.1 Å². The first-order valence-corrected chi connectivity index (χ1v) is 7.21. The second-order valence-corrected chi connectivity index (χ2v) is 5.79. The van der Waals surface area contributed by atoms with Gasteiger partial charge in [0.25, 0.3) is 0 Å². The molecule has 1 aromatic carbocycles. The molecular weight excluding hydrogens is 268 g/mol. The Balaban J connectivity index is 2.36. The number of anilines is 1. The van der Waals surface area contributed by atoms with Crippen LogP contribution < -0.4 is 10.6 Å². The summed E-state index contributed by atoms with van der Waals surface area (Å²) < 4.78 is 0. The van der Waals surface area contributed by atoms with Crippen LogP contribution >= 0.6 is 12.2 Å². The van der Waals surface area contributed by atoms with Crippen LogP contribution in [0.3, 0.4) is 0 Å². The van der Waals surface area contributed by atoms with Crippen molar-refractivity contribution in [2.75, 3.05) is 18.0 Å². The van der Waals surface area contributed by atoms with Gasteiger partial charge in [0, 0.05) is 24.9 Å². The molecule has 1 aromatic heterocycles. The van der Waals surface area contributed by atoms with E-state index in [9.17, 15) is 0 Å². The van der Waals surface area contributed by atoms with Crippen molar-refractivity contribution < 1.29 is 0 Å². The summed E-state index contributed by atoms with van der Waals surface area (Å²) in [5.41, 5.74) is 6.59. The van der Waals surface area contributed by atoms with Crippen LogP contribution in [0.1, 0.15) is 20.3 Å². The Hall–Kier alpha value is -1.75. The average molecular weight is 288 g/mol. The van der Waals surface area contributed by atoms with Gasteiger partial charge >= 0.3 is 0 Å². The smallest absolute Gasteiger partial charge is 0.139 e. The molecule has 106 valence electrons. The standard InChI is InChI=1S/C15H20N4S/c1-11(2)9-19(8-7-14(16)20)15-12-5-3-4-6-13(12)17-10-18-15/h3-6,10-11H,7-9H2,1-2H3,(H2,16,20). The fourth-order valence-electron chi connectivity index (χ4n) is 2.21. The zero-order chi connectivity index (χ0) is 14.5. The van der Waals surface area contributed by atoms with E-state index in [1.54, 1.807) is 6.33 Å². The highest BCUT2D eigenvalue weighted by molar-refractivity contribution is 7.80. The van der Waals surface area contributed by atoms with Crippen LogP contribution in [0.4, 0.5) is 5.82 Å². The quantitative estimate of drug-likeness (QED) is 0.828. The van der Waals surface area contributed by atoms with Gasteiger partial charge in [-0.15, -0.1) is 0 Å². The van der Waals surface area contributed by atoms with Gasteiger partial charge in [-0.25, -0.2) is 9.97 Å². The summed E-state index contributed by atoms with van der Waals surface area (Å²) >= 11 is 4.99. The molecule has 0 radical (unpaired) electrons. The number of nitrogens with two attached hydrogens (primary N) is 1. The normalized spacial score (nSPS) is 10.9. The minimum Gasteiger partial charge on any atom is -0.393 e. The molecule has 0 amide bonds. The van der Waals surface area contributed by atoms with E-state index < -0.39 is 0 Å². The van der Waals surface area contributed by atoms with Crippen LogP contribution in [0, 0.1) is 5.92 Å². The lowest BCUT2D eigenvalue weighted by Crippen LogP contribution is -2.31. The van der Waals surface area contributed by atoms with Crippen molar-refractivity contribution in [2.45, 2.75) is 20.3 Å². The number of rotatable bonds is 6. The van der Waals surface area contributed by atoms with Crippen molar-refractivity contribution in [3.8, 4) is 0 Å². The molecule has 0 spiro atoms. The van der Waals surface area contributed by atoms with E-state index in [1.807, 2.05) is 18.2 Å². The van der Waals surface area contributed by atoms with Gasteiger partial charge in [-0.1, -0.05) is 38.2 Å². The number of nitrogens with zero attached hydrogens (tertiary/aromatic N) is 3. The van der Waals surface area contributed by atoms with Crippen LogP contribution in [0.2, 0.25) is 0 Å². The highest BCUT2D eigenvalue weighted by atomic mass is 32.1. The molecule has 0 bridgehead atoms. The third kappa shape index (κ3) is 3.63. The Morgan fingerprint density at radius 2 is 2.05 bits per heavy atom. The van der Waals surface area contributed by atoms with Crippen molar-refractivity contribution in [1.29, 1.82) is 0 Å². The number of hydrogen-bond acceptors (Lipinski definition) is 4. The van der Waals surface area contributed by atoms with Crippen molar-refractivity contribution in [1.82, 2.24) is 9.97 Å². The zero-order valence-electron chi connectivity index (χ0n) is 11.9. The van der Waals surface area contributed by atoms with E-state index in [4.69, 9.17) is 18.0 Å². The van der Waals surface area contributed by atoms with E-state index in [-0.39, 0.29) is 0 Å². The predicted molar refractivity (Wildman–Crippen MR) is 88.0 cm³/mol. The molecule has 4 nitrogen and oxygen atoms in total.